The third-order valence-electron chi connectivity index (χ3n) is 4.65. The number of ether oxygens (including phenoxy) is 1. The second-order valence-electron chi connectivity index (χ2n) is 6.55. The summed E-state index contributed by atoms with van der Waals surface area (Å²) in [7, 11) is 0. The monoisotopic (exact) mass is 418 g/mol. The van der Waals surface area contributed by atoms with Crippen LogP contribution in [0.5, 0.6) is 0 Å². The zero-order chi connectivity index (χ0) is 19.5. The Labute approximate surface area is 170 Å². The van der Waals surface area contributed by atoms with Gasteiger partial charge in [0, 0.05) is 32.5 Å². The number of hydrogen-bond acceptors (Lipinski definition) is 7. The normalized spacial score (nSPS) is 15.0. The molecule has 1 aliphatic rings. The molecule has 0 bridgehead atoms. The summed E-state index contributed by atoms with van der Waals surface area (Å²) in [5, 5.41) is 13.1. The molecule has 1 aromatic carbocycles. The number of rotatable bonds is 5. The topological polar surface area (TPSA) is 87.6 Å². The molecule has 2 aromatic heterocycles. The smallest absolute Gasteiger partial charge is 0.450 e. The van der Waals surface area contributed by atoms with Crippen LogP contribution in [-0.2, 0) is 11.3 Å². The molecule has 0 radical (unpaired) electrons. The molecule has 1 saturated heterocycles. The highest BCUT2D eigenvalue weighted by atomic mass is 35.5. The lowest BCUT2D eigenvalue weighted by Gasteiger charge is -2.31. The maximum atomic E-state index is 10.7. The van der Waals surface area contributed by atoms with Gasteiger partial charge in [0.15, 0.2) is 0 Å². The van der Waals surface area contributed by atoms with E-state index in [9.17, 15) is 4.79 Å². The fraction of sp³-hybridized carbons (Fsp3) is 0.316. The molecule has 7 nitrogen and oxygen atoms in total. The number of nitrogens with one attached hydrogen (secondary N) is 1. The van der Waals surface area contributed by atoms with Gasteiger partial charge in [-0.25, -0.2) is 9.78 Å². The van der Waals surface area contributed by atoms with E-state index in [0.717, 1.165) is 21.6 Å². The fourth-order valence-corrected chi connectivity index (χ4v) is 4.34. The number of hydrogen-bond donors (Lipinski definition) is 2. The van der Waals surface area contributed by atoms with Crippen LogP contribution in [0.2, 0.25) is 4.34 Å². The first-order chi connectivity index (χ1) is 13.6. The summed E-state index contributed by atoms with van der Waals surface area (Å²) in [5.41, 5.74) is 1.16. The van der Waals surface area contributed by atoms with Gasteiger partial charge >= 0.3 is 6.16 Å². The molecule has 1 fully saturated rings. The van der Waals surface area contributed by atoms with Gasteiger partial charge in [0.05, 0.1) is 9.72 Å². The number of carboxylic acid groups (broad SMARTS) is 1. The zero-order valence-electron chi connectivity index (χ0n) is 15.0. The lowest BCUT2D eigenvalue weighted by molar-refractivity contribution is 0.0415. The molecule has 3 aromatic rings. The lowest BCUT2D eigenvalue weighted by Crippen LogP contribution is -2.38. The third kappa shape index (κ3) is 4.28. The summed E-state index contributed by atoms with van der Waals surface area (Å²) in [6.07, 6.45) is -0.266. The van der Waals surface area contributed by atoms with Crippen molar-refractivity contribution >= 4 is 51.1 Å². The van der Waals surface area contributed by atoms with Crippen LogP contribution >= 0.6 is 22.9 Å². The van der Waals surface area contributed by atoms with Gasteiger partial charge in [-0.3, -0.25) is 0 Å². The quantitative estimate of drug-likeness (QED) is 0.584. The molecule has 146 valence electrons. The lowest BCUT2D eigenvalue weighted by atomic mass is 10.1. The highest BCUT2D eigenvalue weighted by molar-refractivity contribution is 7.22. The van der Waals surface area contributed by atoms with Crippen molar-refractivity contribution in [1.82, 2.24) is 9.97 Å². The molecule has 3 heterocycles. The molecule has 1 aliphatic heterocycles. The van der Waals surface area contributed by atoms with Crippen molar-refractivity contribution in [2.75, 3.05) is 23.3 Å². The zero-order valence-corrected chi connectivity index (χ0v) is 16.5. The predicted octanol–water partition coefficient (Wildman–Crippen LogP) is 4.62. The van der Waals surface area contributed by atoms with E-state index in [1.165, 1.54) is 11.3 Å². The Morgan fingerprint density at radius 2 is 2.04 bits per heavy atom. The van der Waals surface area contributed by atoms with Crippen LogP contribution in [0.3, 0.4) is 0 Å². The first kappa shape index (κ1) is 18.8. The Balaban J connectivity index is 1.55. The average Bonchev–Trinajstić information content (AvgIpc) is 3.07. The highest BCUT2D eigenvalue weighted by Gasteiger charge is 2.24. The van der Waals surface area contributed by atoms with Crippen molar-refractivity contribution in [3.63, 3.8) is 0 Å². The SMILES string of the molecule is O=C(O)OC1CCN(c2nc(NCc3ccccc3)c3cc(Cl)sc3n2)CC1. The van der Waals surface area contributed by atoms with Crippen LogP contribution in [0.1, 0.15) is 18.4 Å². The highest BCUT2D eigenvalue weighted by Crippen LogP contribution is 2.34. The average molecular weight is 419 g/mol. The summed E-state index contributed by atoms with van der Waals surface area (Å²) in [6.45, 7) is 1.93. The third-order valence-corrected chi connectivity index (χ3v) is 5.80. The van der Waals surface area contributed by atoms with Crippen molar-refractivity contribution in [2.45, 2.75) is 25.5 Å². The minimum absolute atomic E-state index is 0.274. The minimum Gasteiger partial charge on any atom is -0.450 e. The van der Waals surface area contributed by atoms with Crippen molar-refractivity contribution in [2.24, 2.45) is 0 Å². The van der Waals surface area contributed by atoms with E-state index < -0.39 is 6.16 Å². The molecule has 0 atom stereocenters. The standard InChI is InChI=1S/C19H19ClN4O3S/c20-15-10-14-16(21-11-12-4-2-1-3-5-12)22-18(23-17(14)28-15)24-8-6-13(7-9-24)27-19(25)26/h1-5,10,13H,6-9,11H2,(H,25,26)(H,21,22,23). The number of aromatic nitrogens is 2. The molecule has 0 amide bonds. The van der Waals surface area contributed by atoms with E-state index >= 15 is 0 Å². The number of piperidine rings is 1. The van der Waals surface area contributed by atoms with Crippen LogP contribution in [0, 0.1) is 0 Å². The first-order valence-corrected chi connectivity index (χ1v) is 10.2. The van der Waals surface area contributed by atoms with Crippen molar-refractivity contribution in [3.8, 4) is 0 Å². The van der Waals surface area contributed by atoms with E-state index in [1.807, 2.05) is 24.3 Å². The number of carbonyl (C=O) groups is 1. The molecular weight excluding hydrogens is 400 g/mol. The van der Waals surface area contributed by atoms with Gasteiger partial charge in [0.2, 0.25) is 5.95 Å². The van der Waals surface area contributed by atoms with Gasteiger partial charge in [0.1, 0.15) is 16.8 Å². The molecule has 4 rings (SSSR count). The van der Waals surface area contributed by atoms with Crippen molar-refractivity contribution < 1.29 is 14.6 Å². The van der Waals surface area contributed by atoms with Crippen LogP contribution < -0.4 is 10.2 Å². The second kappa shape index (κ2) is 8.20. The molecule has 28 heavy (non-hydrogen) atoms. The molecule has 9 heteroatoms. The number of nitrogens with zero attached hydrogens (tertiary/aromatic N) is 3. The predicted molar refractivity (Wildman–Crippen MR) is 111 cm³/mol. The number of benzene rings is 1. The first-order valence-electron chi connectivity index (χ1n) is 8.98. The molecular formula is C19H19ClN4O3S. The van der Waals surface area contributed by atoms with Gasteiger partial charge in [-0.2, -0.15) is 4.98 Å². The Morgan fingerprint density at radius 1 is 1.29 bits per heavy atom. The van der Waals surface area contributed by atoms with Crippen molar-refractivity contribution in [1.29, 1.82) is 0 Å². The summed E-state index contributed by atoms with van der Waals surface area (Å²) in [6, 6.07) is 12.0. The molecule has 0 saturated carbocycles. The number of anilines is 2. The van der Waals surface area contributed by atoms with Gasteiger partial charge in [-0.05, 0) is 11.6 Å². The molecule has 0 aliphatic carbocycles. The van der Waals surface area contributed by atoms with Gasteiger partial charge < -0.3 is 20.1 Å². The van der Waals surface area contributed by atoms with E-state index in [-0.39, 0.29) is 6.10 Å². The molecule has 0 spiro atoms. The Hall–Kier alpha value is -2.58. The Kier molecular flexibility index (Phi) is 5.50. The maximum Gasteiger partial charge on any atom is 0.506 e. The second-order valence-corrected chi connectivity index (χ2v) is 8.21. The van der Waals surface area contributed by atoms with E-state index in [0.29, 0.717) is 42.8 Å². The Morgan fingerprint density at radius 3 is 2.75 bits per heavy atom. The van der Waals surface area contributed by atoms with Gasteiger partial charge in [0.25, 0.3) is 0 Å². The molecule has 2 N–H and O–H groups in total. The Bertz CT molecular complexity index is 974. The van der Waals surface area contributed by atoms with Crippen LogP contribution in [-0.4, -0.2) is 40.4 Å². The van der Waals surface area contributed by atoms with Crippen LogP contribution in [0.25, 0.3) is 10.2 Å². The fourth-order valence-electron chi connectivity index (χ4n) is 3.25. The van der Waals surface area contributed by atoms with Crippen LogP contribution in [0.4, 0.5) is 16.6 Å². The summed E-state index contributed by atoms with van der Waals surface area (Å²) >= 11 is 7.64. The maximum absolute atomic E-state index is 10.7. The number of halogens is 1. The number of fused-ring (bicyclic) bond motifs is 1. The van der Waals surface area contributed by atoms with Crippen molar-refractivity contribution in [3.05, 3.63) is 46.3 Å². The van der Waals surface area contributed by atoms with E-state index in [2.05, 4.69) is 27.3 Å². The van der Waals surface area contributed by atoms with Gasteiger partial charge in [-0.1, -0.05) is 41.9 Å². The summed E-state index contributed by atoms with van der Waals surface area (Å²) < 4.78 is 5.55. The number of thiophene rings is 1. The van der Waals surface area contributed by atoms with Gasteiger partial charge in [-0.15, -0.1) is 11.3 Å². The van der Waals surface area contributed by atoms with E-state index in [1.54, 1.807) is 0 Å². The molecule has 0 unspecified atom stereocenters. The van der Waals surface area contributed by atoms with E-state index in [4.69, 9.17) is 26.4 Å². The van der Waals surface area contributed by atoms with Crippen LogP contribution in [0.15, 0.2) is 36.4 Å². The largest absolute Gasteiger partial charge is 0.506 e. The minimum atomic E-state index is -1.23. The summed E-state index contributed by atoms with van der Waals surface area (Å²) in [4.78, 5) is 23.0. The summed E-state index contributed by atoms with van der Waals surface area (Å²) in [5.74, 6) is 1.37.